The lowest BCUT2D eigenvalue weighted by Gasteiger charge is -2.09. The molecule has 0 saturated heterocycles. The molecule has 100 valence electrons. The number of nitrogens with zero attached hydrogens (tertiary/aromatic N) is 5. The Morgan fingerprint density at radius 1 is 1.37 bits per heavy atom. The van der Waals surface area contributed by atoms with Gasteiger partial charge in [0.15, 0.2) is 0 Å². The van der Waals surface area contributed by atoms with E-state index in [1.165, 1.54) is 7.05 Å². The quantitative estimate of drug-likeness (QED) is 0.852. The maximum atomic E-state index is 12.6. The van der Waals surface area contributed by atoms with E-state index in [0.29, 0.717) is 6.07 Å². The molecule has 2 aromatic heterocycles. The fraction of sp³-hybridized carbons (Fsp3) is 0.222. The summed E-state index contributed by atoms with van der Waals surface area (Å²) in [6.07, 6.45) is -4.64. The highest BCUT2D eigenvalue weighted by atomic mass is 19.4. The summed E-state index contributed by atoms with van der Waals surface area (Å²) < 4.78 is 38.9. The minimum absolute atomic E-state index is 0.0834. The molecular weight excluding hydrogens is 265 g/mol. The number of hydrogen-bond donors (Lipinski definition) is 1. The van der Waals surface area contributed by atoms with Crippen LogP contribution in [0.15, 0.2) is 12.1 Å². The van der Waals surface area contributed by atoms with Crippen molar-refractivity contribution in [2.24, 2.45) is 12.8 Å². The first kappa shape index (κ1) is 12.9. The molecule has 0 aliphatic carbocycles. The average Bonchev–Trinajstić information content (AvgIpc) is 2.73. The molecule has 0 atom stereocenters. The molecule has 0 fully saturated rings. The molecule has 0 aliphatic heterocycles. The minimum atomic E-state index is -4.64. The van der Waals surface area contributed by atoms with E-state index in [0.717, 1.165) is 10.7 Å². The molecule has 7 nitrogen and oxygen atoms in total. The second kappa shape index (κ2) is 4.30. The van der Waals surface area contributed by atoms with E-state index in [2.05, 4.69) is 20.5 Å². The maximum Gasteiger partial charge on any atom is 0.433 e. The summed E-state index contributed by atoms with van der Waals surface area (Å²) in [7, 11) is 1.40. The van der Waals surface area contributed by atoms with Crippen LogP contribution in [-0.4, -0.2) is 31.1 Å². The monoisotopic (exact) mass is 272 g/mol. The number of hydrogen-bond acceptors (Lipinski definition) is 5. The Hall–Kier alpha value is -2.52. The number of tetrazole rings is 1. The molecule has 0 spiro atoms. The van der Waals surface area contributed by atoms with Gasteiger partial charge in [-0.3, -0.25) is 4.79 Å². The number of nitrogens with two attached hydrogens (primary N) is 1. The Morgan fingerprint density at radius 2 is 2.05 bits per heavy atom. The molecule has 0 aromatic carbocycles. The van der Waals surface area contributed by atoms with Crippen LogP contribution in [0.3, 0.4) is 0 Å². The van der Waals surface area contributed by atoms with Crippen molar-refractivity contribution in [3.63, 3.8) is 0 Å². The molecule has 0 bridgehead atoms. The summed E-state index contributed by atoms with van der Waals surface area (Å²) in [6, 6.07) is 1.62. The number of primary amides is 1. The number of carbonyl (C=O) groups excluding carboxylic acids is 1. The Bertz CT molecular complexity index is 635. The van der Waals surface area contributed by atoms with Crippen LogP contribution in [0.1, 0.15) is 16.1 Å². The molecule has 19 heavy (non-hydrogen) atoms. The van der Waals surface area contributed by atoms with Crippen molar-refractivity contribution in [1.29, 1.82) is 0 Å². The molecule has 2 heterocycles. The van der Waals surface area contributed by atoms with Crippen LogP contribution in [0, 0.1) is 0 Å². The highest BCUT2D eigenvalue weighted by Gasteiger charge is 2.34. The second-order valence-electron chi connectivity index (χ2n) is 3.58. The zero-order chi connectivity index (χ0) is 14.2. The highest BCUT2D eigenvalue weighted by molar-refractivity contribution is 5.98. The molecule has 10 heteroatoms. The van der Waals surface area contributed by atoms with Crippen LogP contribution in [0.4, 0.5) is 13.2 Å². The van der Waals surface area contributed by atoms with Gasteiger partial charge in [0, 0.05) is 7.05 Å². The molecule has 0 aliphatic rings. The van der Waals surface area contributed by atoms with E-state index in [-0.39, 0.29) is 17.1 Å². The number of amides is 1. The number of halogens is 3. The van der Waals surface area contributed by atoms with Gasteiger partial charge in [-0.2, -0.15) is 13.2 Å². The first-order chi connectivity index (χ1) is 8.80. The minimum Gasteiger partial charge on any atom is -0.366 e. The largest absolute Gasteiger partial charge is 0.433 e. The van der Waals surface area contributed by atoms with Gasteiger partial charge < -0.3 is 5.73 Å². The average molecular weight is 272 g/mol. The molecule has 1 amide bonds. The third-order valence-electron chi connectivity index (χ3n) is 2.28. The van der Waals surface area contributed by atoms with Crippen LogP contribution in [0.5, 0.6) is 0 Å². The number of pyridine rings is 1. The predicted octanol–water partition coefficient (Wildman–Crippen LogP) is 0.390. The molecule has 2 N–H and O–H groups in total. The van der Waals surface area contributed by atoms with Crippen LogP contribution in [-0.2, 0) is 13.2 Å². The lowest BCUT2D eigenvalue weighted by molar-refractivity contribution is -0.141. The SMILES string of the molecule is Cn1nnnc1-c1nc(C(F)(F)F)ccc1C(N)=O. The van der Waals surface area contributed by atoms with Crippen LogP contribution < -0.4 is 5.73 Å². The zero-order valence-corrected chi connectivity index (χ0v) is 9.51. The second-order valence-corrected chi connectivity index (χ2v) is 3.58. The van der Waals surface area contributed by atoms with E-state index in [1.54, 1.807) is 0 Å². The number of aryl methyl sites for hydroxylation is 1. The smallest absolute Gasteiger partial charge is 0.366 e. The molecule has 0 saturated carbocycles. The van der Waals surface area contributed by atoms with Crippen molar-refractivity contribution in [2.75, 3.05) is 0 Å². The summed E-state index contributed by atoms with van der Waals surface area (Å²) in [5.41, 5.74) is 3.44. The van der Waals surface area contributed by atoms with Crippen molar-refractivity contribution in [3.05, 3.63) is 23.4 Å². The highest BCUT2D eigenvalue weighted by Crippen LogP contribution is 2.30. The third-order valence-corrected chi connectivity index (χ3v) is 2.28. The number of carbonyl (C=O) groups is 1. The van der Waals surface area contributed by atoms with Gasteiger partial charge in [-0.05, 0) is 22.6 Å². The molecule has 2 rings (SSSR count). The summed E-state index contributed by atoms with van der Waals surface area (Å²) >= 11 is 0. The van der Waals surface area contributed by atoms with E-state index in [9.17, 15) is 18.0 Å². The number of alkyl halides is 3. The third kappa shape index (κ3) is 2.37. The van der Waals surface area contributed by atoms with Crippen molar-refractivity contribution in [1.82, 2.24) is 25.2 Å². The number of rotatable bonds is 2. The van der Waals surface area contributed by atoms with Gasteiger partial charge >= 0.3 is 6.18 Å². The van der Waals surface area contributed by atoms with Crippen LogP contribution >= 0.6 is 0 Å². The van der Waals surface area contributed by atoms with Gasteiger partial charge in [0.1, 0.15) is 11.4 Å². The van der Waals surface area contributed by atoms with E-state index >= 15 is 0 Å². The van der Waals surface area contributed by atoms with Crippen molar-refractivity contribution in [2.45, 2.75) is 6.18 Å². The summed E-state index contributed by atoms with van der Waals surface area (Å²) in [5.74, 6) is -1.00. The van der Waals surface area contributed by atoms with Crippen molar-refractivity contribution >= 4 is 5.91 Å². The van der Waals surface area contributed by atoms with Gasteiger partial charge in [-0.15, -0.1) is 5.10 Å². The number of aromatic nitrogens is 5. The summed E-state index contributed by atoms with van der Waals surface area (Å²) in [6.45, 7) is 0. The van der Waals surface area contributed by atoms with E-state index in [4.69, 9.17) is 5.73 Å². The van der Waals surface area contributed by atoms with Gasteiger partial charge in [-0.25, -0.2) is 9.67 Å². The maximum absolute atomic E-state index is 12.6. The fourth-order valence-corrected chi connectivity index (χ4v) is 1.42. The van der Waals surface area contributed by atoms with E-state index in [1.807, 2.05) is 0 Å². The first-order valence-electron chi connectivity index (χ1n) is 4.91. The van der Waals surface area contributed by atoms with Crippen LogP contribution in [0.25, 0.3) is 11.5 Å². The molecule has 2 aromatic rings. The van der Waals surface area contributed by atoms with E-state index < -0.39 is 17.8 Å². The summed E-state index contributed by atoms with van der Waals surface area (Å²) in [4.78, 5) is 14.6. The lowest BCUT2D eigenvalue weighted by Crippen LogP contribution is -2.17. The van der Waals surface area contributed by atoms with Gasteiger partial charge in [0.25, 0.3) is 5.91 Å². The normalized spacial score (nSPS) is 11.6. The first-order valence-corrected chi connectivity index (χ1v) is 4.91. The summed E-state index contributed by atoms with van der Waals surface area (Å²) in [5, 5.41) is 10.3. The van der Waals surface area contributed by atoms with Gasteiger partial charge in [0.2, 0.25) is 5.82 Å². The molecule has 0 unspecified atom stereocenters. The van der Waals surface area contributed by atoms with Gasteiger partial charge in [0.05, 0.1) is 5.56 Å². The van der Waals surface area contributed by atoms with Crippen LogP contribution in [0.2, 0.25) is 0 Å². The standard InChI is InChI=1S/C9H7F3N6O/c1-18-8(15-16-17-18)6-4(7(13)19)2-3-5(14-6)9(10,11)12/h2-3H,1H3,(H2,13,19). The Kier molecular flexibility index (Phi) is 2.92. The molecule has 0 radical (unpaired) electrons. The van der Waals surface area contributed by atoms with Crippen molar-refractivity contribution < 1.29 is 18.0 Å². The predicted molar refractivity (Wildman–Crippen MR) is 55.5 cm³/mol. The topological polar surface area (TPSA) is 99.6 Å². The molecular formula is C9H7F3N6O. The Balaban J connectivity index is 2.68. The fourth-order valence-electron chi connectivity index (χ4n) is 1.42. The Labute approximate surface area is 104 Å². The van der Waals surface area contributed by atoms with Crippen molar-refractivity contribution in [3.8, 4) is 11.5 Å². The van der Waals surface area contributed by atoms with Gasteiger partial charge in [-0.1, -0.05) is 0 Å². The Morgan fingerprint density at radius 3 is 2.53 bits per heavy atom. The lowest BCUT2D eigenvalue weighted by atomic mass is 10.1. The zero-order valence-electron chi connectivity index (χ0n) is 9.51.